The van der Waals surface area contributed by atoms with Crippen LogP contribution in [0.25, 0.3) is 11.0 Å². The van der Waals surface area contributed by atoms with Crippen LogP contribution in [0.1, 0.15) is 31.2 Å². The highest BCUT2D eigenvalue weighted by Crippen LogP contribution is 2.22. The number of piperidine rings is 1. The van der Waals surface area contributed by atoms with Gasteiger partial charge in [-0.25, -0.2) is 4.98 Å². The summed E-state index contributed by atoms with van der Waals surface area (Å²) in [5.74, 6) is 1.88. The van der Waals surface area contributed by atoms with E-state index in [1.54, 1.807) is 7.11 Å². The molecule has 0 atom stereocenters. The van der Waals surface area contributed by atoms with E-state index in [0.29, 0.717) is 0 Å². The summed E-state index contributed by atoms with van der Waals surface area (Å²) in [5.41, 5.74) is 3.64. The molecule has 0 unspecified atom stereocenters. The molecule has 0 saturated carbocycles. The van der Waals surface area contributed by atoms with Crippen molar-refractivity contribution in [3.8, 4) is 0 Å². The fraction of sp³-hybridized carbons (Fsp3) is 0.520. The molecule has 0 spiro atoms. The molecule has 3 heterocycles. The average molecular weight is 422 g/mol. The van der Waals surface area contributed by atoms with Crippen LogP contribution >= 0.6 is 0 Å². The Labute approximate surface area is 185 Å². The number of hydrogen-bond acceptors (Lipinski definition) is 5. The summed E-state index contributed by atoms with van der Waals surface area (Å²) in [6.45, 7) is 10.3. The number of aryl methyl sites for hydroxylation is 1. The van der Waals surface area contributed by atoms with E-state index >= 15 is 0 Å². The molecular weight excluding hydrogens is 386 g/mol. The number of ether oxygens (including phenoxy) is 1. The third-order valence-corrected chi connectivity index (χ3v) is 6.41. The number of imidazole rings is 1. The first-order chi connectivity index (χ1) is 15.3. The molecule has 3 aromatic rings. The summed E-state index contributed by atoms with van der Waals surface area (Å²) in [6, 6.07) is 12.7. The number of fused-ring (bicyclic) bond motifs is 1. The molecule has 1 aliphatic heterocycles. The van der Waals surface area contributed by atoms with Gasteiger partial charge in [0.25, 0.3) is 0 Å². The second-order valence-corrected chi connectivity index (χ2v) is 8.56. The lowest BCUT2D eigenvalue weighted by atomic mass is 9.96. The largest absolute Gasteiger partial charge is 0.383 e. The van der Waals surface area contributed by atoms with Crippen LogP contribution in [0.15, 0.2) is 48.8 Å². The van der Waals surface area contributed by atoms with E-state index in [9.17, 15) is 0 Å². The third-order valence-electron chi connectivity index (χ3n) is 6.41. The van der Waals surface area contributed by atoms with E-state index in [1.165, 1.54) is 37.0 Å². The van der Waals surface area contributed by atoms with E-state index in [-0.39, 0.29) is 0 Å². The van der Waals surface area contributed by atoms with Gasteiger partial charge in [-0.15, -0.1) is 0 Å². The van der Waals surface area contributed by atoms with Crippen LogP contribution in [-0.2, 0) is 24.4 Å². The number of hydrogen-bond donors (Lipinski definition) is 0. The number of aromatic nitrogens is 3. The van der Waals surface area contributed by atoms with Gasteiger partial charge in [-0.2, -0.15) is 0 Å². The van der Waals surface area contributed by atoms with E-state index in [0.717, 1.165) is 56.6 Å². The van der Waals surface area contributed by atoms with Crippen LogP contribution in [0.5, 0.6) is 0 Å². The van der Waals surface area contributed by atoms with Crippen LogP contribution in [0, 0.1) is 5.92 Å². The number of likely N-dealkylation sites (tertiary alicyclic amines) is 1. The van der Waals surface area contributed by atoms with E-state index < -0.39 is 0 Å². The first kappa shape index (κ1) is 21.9. The number of rotatable bonds is 10. The van der Waals surface area contributed by atoms with Crippen LogP contribution in [0.3, 0.4) is 0 Å². The van der Waals surface area contributed by atoms with Crippen LogP contribution in [0.2, 0.25) is 0 Å². The number of methoxy groups -OCH3 is 1. The summed E-state index contributed by atoms with van der Waals surface area (Å²) in [7, 11) is 1.79. The van der Waals surface area contributed by atoms with Crippen LogP contribution in [0.4, 0.5) is 0 Å². The van der Waals surface area contributed by atoms with Gasteiger partial charge in [-0.05, 0) is 68.6 Å². The SMILES string of the molecule is CCn1c(CN(Cc2ccncc2)CC2CCN(CCOC)CC2)nc2ccccc21. The minimum Gasteiger partial charge on any atom is -0.383 e. The van der Waals surface area contributed by atoms with Crippen LogP contribution < -0.4 is 0 Å². The highest BCUT2D eigenvalue weighted by Gasteiger charge is 2.23. The Hall–Kier alpha value is -2.28. The zero-order valence-corrected chi connectivity index (χ0v) is 18.9. The quantitative estimate of drug-likeness (QED) is 0.498. The topological polar surface area (TPSA) is 46.4 Å². The lowest BCUT2D eigenvalue weighted by Crippen LogP contribution is -2.40. The summed E-state index contributed by atoms with van der Waals surface area (Å²) in [4.78, 5) is 14.3. The van der Waals surface area contributed by atoms with Crippen molar-refractivity contribution in [1.82, 2.24) is 24.3 Å². The number of benzene rings is 1. The normalized spacial score (nSPS) is 15.8. The Bertz CT molecular complexity index is 933. The molecule has 0 radical (unpaired) electrons. The summed E-state index contributed by atoms with van der Waals surface area (Å²) < 4.78 is 7.61. The van der Waals surface area contributed by atoms with E-state index in [2.05, 4.69) is 62.7 Å². The molecule has 6 nitrogen and oxygen atoms in total. The van der Waals surface area contributed by atoms with Crippen molar-refractivity contribution in [1.29, 1.82) is 0 Å². The standard InChI is InChI=1S/C25H35N5O/c1-3-30-24-7-5-4-6-23(24)27-25(30)20-29(18-21-8-12-26-13-9-21)19-22-10-14-28(15-11-22)16-17-31-2/h4-9,12-13,22H,3,10-11,14-20H2,1-2H3. The zero-order chi connectivity index (χ0) is 21.5. The minimum absolute atomic E-state index is 0.722. The maximum Gasteiger partial charge on any atom is 0.124 e. The smallest absolute Gasteiger partial charge is 0.124 e. The minimum atomic E-state index is 0.722. The van der Waals surface area contributed by atoms with Gasteiger partial charge in [0.15, 0.2) is 0 Å². The molecule has 1 aromatic carbocycles. The molecule has 166 valence electrons. The van der Waals surface area contributed by atoms with Gasteiger partial charge in [-0.3, -0.25) is 9.88 Å². The van der Waals surface area contributed by atoms with Gasteiger partial charge in [0.05, 0.1) is 24.2 Å². The molecular formula is C25H35N5O. The van der Waals surface area contributed by atoms with Gasteiger partial charge >= 0.3 is 0 Å². The number of pyridine rings is 1. The van der Waals surface area contributed by atoms with Crippen molar-refractivity contribution in [2.75, 3.05) is 39.9 Å². The van der Waals surface area contributed by atoms with Crippen molar-refractivity contribution in [2.45, 2.75) is 39.4 Å². The lowest BCUT2D eigenvalue weighted by Gasteiger charge is -2.34. The molecule has 0 aliphatic carbocycles. The molecule has 4 rings (SSSR count). The average Bonchev–Trinajstić information content (AvgIpc) is 3.16. The summed E-state index contributed by atoms with van der Waals surface area (Å²) in [6.07, 6.45) is 6.29. The molecule has 6 heteroatoms. The van der Waals surface area contributed by atoms with Gasteiger partial charge in [-0.1, -0.05) is 12.1 Å². The van der Waals surface area contributed by atoms with Crippen LogP contribution in [-0.4, -0.2) is 64.2 Å². The van der Waals surface area contributed by atoms with Gasteiger partial charge in [0.2, 0.25) is 0 Å². The maximum absolute atomic E-state index is 5.25. The molecule has 31 heavy (non-hydrogen) atoms. The van der Waals surface area contributed by atoms with Crippen molar-refractivity contribution in [3.05, 3.63) is 60.2 Å². The first-order valence-corrected chi connectivity index (χ1v) is 11.5. The molecule has 1 fully saturated rings. The monoisotopic (exact) mass is 421 g/mol. The molecule has 2 aromatic heterocycles. The highest BCUT2D eigenvalue weighted by molar-refractivity contribution is 5.75. The summed E-state index contributed by atoms with van der Waals surface area (Å²) >= 11 is 0. The van der Waals surface area contributed by atoms with Crippen molar-refractivity contribution < 1.29 is 4.74 Å². The number of nitrogens with zero attached hydrogens (tertiary/aromatic N) is 5. The van der Waals surface area contributed by atoms with Crippen molar-refractivity contribution in [3.63, 3.8) is 0 Å². The van der Waals surface area contributed by atoms with Crippen molar-refractivity contribution in [2.24, 2.45) is 5.92 Å². The Morgan fingerprint density at radius 3 is 2.58 bits per heavy atom. The first-order valence-electron chi connectivity index (χ1n) is 11.5. The molecule has 0 bridgehead atoms. The zero-order valence-electron chi connectivity index (χ0n) is 18.9. The predicted molar refractivity (Wildman–Crippen MR) is 125 cm³/mol. The lowest BCUT2D eigenvalue weighted by molar-refractivity contribution is 0.103. The molecule has 0 amide bonds. The Balaban J connectivity index is 1.48. The van der Waals surface area contributed by atoms with Crippen molar-refractivity contribution >= 4 is 11.0 Å². The molecule has 1 saturated heterocycles. The molecule has 0 N–H and O–H groups in total. The highest BCUT2D eigenvalue weighted by atomic mass is 16.5. The third kappa shape index (κ3) is 5.70. The Kier molecular flexibility index (Phi) is 7.67. The Morgan fingerprint density at radius 1 is 1.06 bits per heavy atom. The second kappa shape index (κ2) is 10.8. The van der Waals surface area contributed by atoms with Gasteiger partial charge < -0.3 is 14.2 Å². The van der Waals surface area contributed by atoms with E-state index in [1.807, 2.05) is 12.4 Å². The number of para-hydroxylation sites is 2. The second-order valence-electron chi connectivity index (χ2n) is 8.56. The summed E-state index contributed by atoms with van der Waals surface area (Å²) in [5, 5.41) is 0. The maximum atomic E-state index is 5.25. The van der Waals surface area contributed by atoms with Gasteiger partial charge in [0, 0.05) is 45.7 Å². The molecule has 1 aliphatic rings. The predicted octanol–water partition coefficient (Wildman–Crippen LogP) is 3.81. The van der Waals surface area contributed by atoms with E-state index in [4.69, 9.17) is 9.72 Å². The Morgan fingerprint density at radius 2 is 1.84 bits per heavy atom. The van der Waals surface area contributed by atoms with Gasteiger partial charge in [0.1, 0.15) is 5.82 Å². The fourth-order valence-electron chi connectivity index (χ4n) is 4.71. The fourth-order valence-corrected chi connectivity index (χ4v) is 4.71.